The molecule has 0 atom stereocenters. The number of aryl methyl sites for hydroxylation is 3. The molecule has 0 saturated heterocycles. The lowest BCUT2D eigenvalue weighted by molar-refractivity contribution is 0.414. The number of methoxy groups -OCH3 is 1. The summed E-state index contributed by atoms with van der Waals surface area (Å²) in [7, 11) is 1.66. The summed E-state index contributed by atoms with van der Waals surface area (Å²) < 4.78 is 5.22. The Morgan fingerprint density at radius 1 is 0.970 bits per heavy atom. The second kappa shape index (κ2) is 11.4. The Morgan fingerprint density at radius 3 is 2.33 bits per heavy atom. The Bertz CT molecular complexity index is 1120. The van der Waals surface area contributed by atoms with Crippen molar-refractivity contribution >= 4 is 34.9 Å². The average molecular weight is 463 g/mol. The van der Waals surface area contributed by atoms with E-state index in [0.29, 0.717) is 23.6 Å². The van der Waals surface area contributed by atoms with Gasteiger partial charge in [0, 0.05) is 23.6 Å². The Morgan fingerprint density at radius 2 is 1.67 bits per heavy atom. The number of nitrogens with one attached hydrogen (secondary N) is 3. The minimum absolute atomic E-state index is 0.434. The van der Waals surface area contributed by atoms with Crippen molar-refractivity contribution < 1.29 is 4.74 Å². The highest BCUT2D eigenvalue weighted by Gasteiger charge is 2.09. The molecular formula is C25H30N6OS. The second-order valence-electron chi connectivity index (χ2n) is 7.75. The molecule has 0 spiro atoms. The van der Waals surface area contributed by atoms with E-state index in [1.165, 1.54) is 5.56 Å². The Labute approximate surface area is 200 Å². The molecule has 0 fully saturated rings. The minimum Gasteiger partial charge on any atom is -0.497 e. The van der Waals surface area contributed by atoms with Crippen LogP contribution in [0.5, 0.6) is 5.75 Å². The molecule has 3 aromatic rings. The van der Waals surface area contributed by atoms with Gasteiger partial charge in [0.25, 0.3) is 0 Å². The number of ether oxygens (including phenoxy) is 1. The van der Waals surface area contributed by atoms with Crippen molar-refractivity contribution in [2.24, 2.45) is 4.99 Å². The van der Waals surface area contributed by atoms with E-state index in [2.05, 4.69) is 45.8 Å². The van der Waals surface area contributed by atoms with Crippen LogP contribution in [-0.2, 0) is 6.42 Å². The molecule has 0 unspecified atom stereocenters. The van der Waals surface area contributed by atoms with Crippen LogP contribution in [0.2, 0.25) is 0 Å². The van der Waals surface area contributed by atoms with Crippen LogP contribution in [0.25, 0.3) is 0 Å². The van der Waals surface area contributed by atoms with Crippen LogP contribution < -0.4 is 20.7 Å². The van der Waals surface area contributed by atoms with Crippen molar-refractivity contribution in [2.75, 3.05) is 24.3 Å². The average Bonchev–Trinajstić information content (AvgIpc) is 2.76. The molecule has 0 radical (unpaired) electrons. The van der Waals surface area contributed by atoms with E-state index < -0.39 is 0 Å². The van der Waals surface area contributed by atoms with Crippen molar-refractivity contribution in [3.05, 3.63) is 76.6 Å². The second-order valence-corrected chi connectivity index (χ2v) is 8.16. The highest BCUT2D eigenvalue weighted by molar-refractivity contribution is 7.80. The fourth-order valence-electron chi connectivity index (χ4n) is 3.23. The van der Waals surface area contributed by atoms with E-state index in [-0.39, 0.29) is 0 Å². The number of hydrogen-bond acceptors (Lipinski definition) is 5. The molecule has 1 heterocycles. The van der Waals surface area contributed by atoms with Crippen molar-refractivity contribution in [1.82, 2.24) is 15.3 Å². The summed E-state index contributed by atoms with van der Waals surface area (Å²) in [6.07, 6.45) is 0.766. The first-order chi connectivity index (χ1) is 15.8. The van der Waals surface area contributed by atoms with E-state index in [1.54, 1.807) is 7.11 Å². The largest absolute Gasteiger partial charge is 0.497 e. The predicted molar refractivity (Wildman–Crippen MR) is 139 cm³/mol. The number of nitrogens with zero attached hydrogens (tertiary/aromatic N) is 3. The van der Waals surface area contributed by atoms with Crippen LogP contribution in [0.3, 0.4) is 0 Å². The molecule has 0 bridgehead atoms. The number of aliphatic imine (C=N–C) groups is 1. The van der Waals surface area contributed by atoms with Crippen LogP contribution in [0.4, 0.5) is 11.6 Å². The van der Waals surface area contributed by atoms with Crippen molar-refractivity contribution in [1.29, 1.82) is 0 Å². The topological polar surface area (TPSA) is 83.5 Å². The number of thiocarbonyl (C=S) groups is 1. The van der Waals surface area contributed by atoms with E-state index >= 15 is 0 Å². The standard InChI is InChI=1S/C25H30N6OS/c1-16-7-6-8-22(19(16)4)29-25(33)31-23(30-24-27-17(2)15-18(3)28-24)26-14-13-20-9-11-21(32-5)12-10-20/h6-12,15H,13-14H2,1-5H3,(H3,26,27,28,29,30,31,33). The number of anilines is 2. The summed E-state index contributed by atoms with van der Waals surface area (Å²) in [5.74, 6) is 1.79. The first kappa shape index (κ1) is 24.1. The highest BCUT2D eigenvalue weighted by Crippen LogP contribution is 2.17. The van der Waals surface area contributed by atoms with Crippen LogP contribution in [0.15, 0.2) is 53.5 Å². The third-order valence-electron chi connectivity index (χ3n) is 5.13. The smallest absolute Gasteiger partial charge is 0.229 e. The lowest BCUT2D eigenvalue weighted by Crippen LogP contribution is -2.39. The molecule has 0 amide bonds. The summed E-state index contributed by atoms with van der Waals surface area (Å²) in [6.45, 7) is 8.55. The van der Waals surface area contributed by atoms with Gasteiger partial charge in [-0.15, -0.1) is 0 Å². The number of benzene rings is 2. The third-order valence-corrected chi connectivity index (χ3v) is 5.33. The van der Waals surface area contributed by atoms with Crippen LogP contribution in [0, 0.1) is 27.7 Å². The normalized spacial score (nSPS) is 11.1. The Kier molecular flexibility index (Phi) is 8.32. The van der Waals surface area contributed by atoms with Gasteiger partial charge in [-0.3, -0.25) is 10.3 Å². The van der Waals surface area contributed by atoms with Gasteiger partial charge in [-0.05, 0) is 87.3 Å². The predicted octanol–water partition coefficient (Wildman–Crippen LogP) is 4.72. The van der Waals surface area contributed by atoms with E-state index in [1.807, 2.05) is 56.3 Å². The number of hydrogen-bond donors (Lipinski definition) is 3. The lowest BCUT2D eigenvalue weighted by Gasteiger charge is -2.16. The van der Waals surface area contributed by atoms with Gasteiger partial charge < -0.3 is 15.4 Å². The van der Waals surface area contributed by atoms with E-state index in [4.69, 9.17) is 21.9 Å². The number of aromatic nitrogens is 2. The highest BCUT2D eigenvalue weighted by atomic mass is 32.1. The summed E-state index contributed by atoms with van der Waals surface area (Å²) in [5, 5.41) is 10.0. The SMILES string of the molecule is COc1ccc(CCN=C(NC(=S)Nc2cccc(C)c2C)Nc2nc(C)cc(C)n2)cc1. The molecule has 1 aromatic heterocycles. The first-order valence-corrected chi connectivity index (χ1v) is 11.2. The molecular weight excluding hydrogens is 432 g/mol. The summed E-state index contributed by atoms with van der Waals surface area (Å²) >= 11 is 5.56. The number of rotatable bonds is 6. The lowest BCUT2D eigenvalue weighted by atomic mass is 10.1. The van der Waals surface area contributed by atoms with Crippen LogP contribution in [-0.4, -0.2) is 34.7 Å². The maximum Gasteiger partial charge on any atom is 0.229 e. The molecule has 7 nitrogen and oxygen atoms in total. The summed E-state index contributed by atoms with van der Waals surface area (Å²) in [6, 6.07) is 16.0. The third kappa shape index (κ3) is 7.25. The monoisotopic (exact) mass is 462 g/mol. The van der Waals surface area contributed by atoms with Gasteiger partial charge in [-0.25, -0.2) is 9.97 Å². The Balaban J connectivity index is 1.73. The molecule has 3 N–H and O–H groups in total. The van der Waals surface area contributed by atoms with Gasteiger partial charge >= 0.3 is 0 Å². The van der Waals surface area contributed by atoms with Gasteiger partial charge in [0.15, 0.2) is 5.11 Å². The van der Waals surface area contributed by atoms with Gasteiger partial charge in [-0.2, -0.15) is 0 Å². The van der Waals surface area contributed by atoms with Crippen molar-refractivity contribution in [2.45, 2.75) is 34.1 Å². The zero-order valence-corrected chi connectivity index (χ0v) is 20.5. The van der Waals surface area contributed by atoms with Gasteiger partial charge in [0.05, 0.1) is 7.11 Å². The molecule has 172 valence electrons. The Hall–Kier alpha value is -3.52. The van der Waals surface area contributed by atoms with Gasteiger partial charge in [0.1, 0.15) is 5.75 Å². The molecule has 33 heavy (non-hydrogen) atoms. The molecule has 0 aliphatic heterocycles. The fraction of sp³-hybridized carbons (Fsp3) is 0.280. The van der Waals surface area contributed by atoms with Crippen LogP contribution in [0.1, 0.15) is 28.1 Å². The van der Waals surface area contributed by atoms with Gasteiger partial charge in [0.2, 0.25) is 11.9 Å². The van der Waals surface area contributed by atoms with Crippen molar-refractivity contribution in [3.8, 4) is 5.75 Å². The van der Waals surface area contributed by atoms with Crippen molar-refractivity contribution in [3.63, 3.8) is 0 Å². The zero-order chi connectivity index (χ0) is 23.8. The first-order valence-electron chi connectivity index (χ1n) is 10.7. The molecule has 2 aromatic carbocycles. The van der Waals surface area contributed by atoms with Crippen LogP contribution >= 0.6 is 12.2 Å². The number of guanidine groups is 1. The summed E-state index contributed by atoms with van der Waals surface area (Å²) in [5.41, 5.74) is 6.20. The molecule has 3 rings (SSSR count). The minimum atomic E-state index is 0.434. The maximum absolute atomic E-state index is 5.56. The van der Waals surface area contributed by atoms with Gasteiger partial charge in [-0.1, -0.05) is 24.3 Å². The maximum atomic E-state index is 5.56. The summed E-state index contributed by atoms with van der Waals surface area (Å²) in [4.78, 5) is 13.6. The van der Waals surface area contributed by atoms with E-state index in [9.17, 15) is 0 Å². The molecule has 0 aliphatic rings. The van der Waals surface area contributed by atoms with E-state index in [0.717, 1.165) is 40.4 Å². The molecule has 8 heteroatoms. The quantitative estimate of drug-likeness (QED) is 0.278. The fourth-order valence-corrected chi connectivity index (χ4v) is 3.44. The molecule has 0 aliphatic carbocycles. The molecule has 0 saturated carbocycles. The zero-order valence-electron chi connectivity index (χ0n) is 19.7.